The Balaban J connectivity index is 2.34. The topological polar surface area (TPSA) is 92.5 Å². The first-order valence-electron chi connectivity index (χ1n) is 5.21. The van der Waals surface area contributed by atoms with Gasteiger partial charge in [0, 0.05) is 17.3 Å². The molecule has 90 valence electrons. The summed E-state index contributed by atoms with van der Waals surface area (Å²) in [7, 11) is 0. The van der Waals surface area contributed by atoms with Crippen LogP contribution in [0.3, 0.4) is 0 Å². The quantitative estimate of drug-likeness (QED) is 0.617. The third-order valence-electron chi connectivity index (χ3n) is 2.87. The minimum Gasteiger partial charge on any atom is -0.477 e. The molecule has 0 heterocycles. The zero-order chi connectivity index (χ0) is 12.6. The number of anilines is 1. The molecular formula is C11H12N2O4. The van der Waals surface area contributed by atoms with Gasteiger partial charge in [0.25, 0.3) is 5.69 Å². The highest BCUT2D eigenvalue weighted by molar-refractivity contribution is 5.93. The van der Waals surface area contributed by atoms with Crippen molar-refractivity contribution in [1.29, 1.82) is 0 Å². The number of nitrogens with one attached hydrogen (secondary N) is 1. The average Bonchev–Trinajstić information content (AvgIpc) is 2.95. The molecule has 2 rings (SSSR count). The van der Waals surface area contributed by atoms with E-state index in [1.165, 1.54) is 12.1 Å². The van der Waals surface area contributed by atoms with Crippen LogP contribution >= 0.6 is 0 Å². The van der Waals surface area contributed by atoms with Crippen molar-refractivity contribution in [2.24, 2.45) is 0 Å². The normalized spacial score (nSPS) is 16.3. The molecule has 6 heteroatoms. The second kappa shape index (κ2) is 3.73. The number of carboxylic acids is 1. The van der Waals surface area contributed by atoms with Crippen molar-refractivity contribution in [1.82, 2.24) is 0 Å². The minimum absolute atomic E-state index is 0.00138. The Morgan fingerprint density at radius 1 is 1.53 bits per heavy atom. The Kier molecular flexibility index (Phi) is 2.49. The van der Waals surface area contributed by atoms with E-state index in [0.29, 0.717) is 5.69 Å². The SMILES string of the molecule is CC1(Nc2ccc(C(=O)O)c([N+](=O)[O-])c2)CC1. The van der Waals surface area contributed by atoms with Gasteiger partial charge in [-0.15, -0.1) is 0 Å². The molecule has 0 atom stereocenters. The van der Waals surface area contributed by atoms with Crippen LogP contribution < -0.4 is 5.32 Å². The maximum atomic E-state index is 10.8. The van der Waals surface area contributed by atoms with E-state index in [1.54, 1.807) is 6.07 Å². The van der Waals surface area contributed by atoms with E-state index >= 15 is 0 Å². The number of nitrogens with zero attached hydrogens (tertiary/aromatic N) is 1. The van der Waals surface area contributed by atoms with E-state index in [9.17, 15) is 14.9 Å². The Labute approximate surface area is 97.4 Å². The average molecular weight is 236 g/mol. The first kappa shape index (κ1) is 11.4. The molecule has 0 aliphatic heterocycles. The minimum atomic E-state index is -1.29. The van der Waals surface area contributed by atoms with Gasteiger partial charge in [-0.2, -0.15) is 0 Å². The number of nitro benzene ring substituents is 1. The zero-order valence-corrected chi connectivity index (χ0v) is 9.27. The van der Waals surface area contributed by atoms with Crippen molar-refractivity contribution >= 4 is 17.3 Å². The second-order valence-corrected chi connectivity index (χ2v) is 4.48. The molecule has 6 nitrogen and oxygen atoms in total. The molecule has 1 aliphatic rings. The van der Waals surface area contributed by atoms with E-state index in [2.05, 4.69) is 5.32 Å². The fourth-order valence-corrected chi connectivity index (χ4v) is 1.60. The molecule has 0 spiro atoms. The molecule has 0 saturated heterocycles. The van der Waals surface area contributed by atoms with Crippen LogP contribution in [-0.2, 0) is 0 Å². The molecule has 2 N–H and O–H groups in total. The number of carboxylic acid groups (broad SMARTS) is 1. The van der Waals surface area contributed by atoms with Gasteiger partial charge in [-0.05, 0) is 31.9 Å². The third kappa shape index (κ3) is 2.35. The van der Waals surface area contributed by atoms with Gasteiger partial charge in [-0.1, -0.05) is 0 Å². The second-order valence-electron chi connectivity index (χ2n) is 4.48. The first-order valence-corrected chi connectivity index (χ1v) is 5.21. The van der Waals surface area contributed by atoms with Gasteiger partial charge in [0.2, 0.25) is 0 Å². The number of aromatic carboxylic acids is 1. The lowest BCUT2D eigenvalue weighted by atomic mass is 10.1. The molecule has 0 bridgehead atoms. The first-order chi connectivity index (χ1) is 7.91. The fourth-order valence-electron chi connectivity index (χ4n) is 1.60. The van der Waals surface area contributed by atoms with E-state index in [1.807, 2.05) is 6.92 Å². The third-order valence-corrected chi connectivity index (χ3v) is 2.87. The van der Waals surface area contributed by atoms with Gasteiger partial charge in [-0.25, -0.2) is 4.79 Å². The Morgan fingerprint density at radius 2 is 2.18 bits per heavy atom. The number of benzene rings is 1. The van der Waals surface area contributed by atoms with Crippen LogP contribution in [0.15, 0.2) is 18.2 Å². The van der Waals surface area contributed by atoms with E-state index < -0.39 is 10.9 Å². The van der Waals surface area contributed by atoms with Gasteiger partial charge in [0.05, 0.1) is 4.92 Å². The molecule has 1 saturated carbocycles. The smallest absolute Gasteiger partial charge is 0.342 e. The molecular weight excluding hydrogens is 224 g/mol. The summed E-state index contributed by atoms with van der Waals surface area (Å²) in [6.07, 6.45) is 2.03. The Morgan fingerprint density at radius 3 is 2.65 bits per heavy atom. The van der Waals surface area contributed by atoms with Crippen LogP contribution in [0.2, 0.25) is 0 Å². The summed E-state index contributed by atoms with van der Waals surface area (Å²) in [5.74, 6) is -1.29. The molecule has 0 aromatic heterocycles. The lowest BCUT2D eigenvalue weighted by Gasteiger charge is -2.13. The van der Waals surface area contributed by atoms with Gasteiger partial charge >= 0.3 is 5.97 Å². The lowest BCUT2D eigenvalue weighted by Crippen LogP contribution is -2.16. The molecule has 0 unspecified atom stereocenters. The highest BCUT2D eigenvalue weighted by Crippen LogP contribution is 2.38. The van der Waals surface area contributed by atoms with Crippen LogP contribution in [0.1, 0.15) is 30.1 Å². The van der Waals surface area contributed by atoms with Gasteiger partial charge < -0.3 is 10.4 Å². The summed E-state index contributed by atoms with van der Waals surface area (Å²) in [4.78, 5) is 20.9. The maximum absolute atomic E-state index is 10.8. The predicted octanol–water partition coefficient (Wildman–Crippen LogP) is 2.26. The van der Waals surface area contributed by atoms with Crippen molar-refractivity contribution in [3.05, 3.63) is 33.9 Å². The van der Waals surface area contributed by atoms with Gasteiger partial charge in [0.1, 0.15) is 5.56 Å². The van der Waals surface area contributed by atoms with Crippen molar-refractivity contribution < 1.29 is 14.8 Å². The lowest BCUT2D eigenvalue weighted by molar-refractivity contribution is -0.385. The fraction of sp³-hybridized carbons (Fsp3) is 0.364. The number of hydrogen-bond acceptors (Lipinski definition) is 4. The van der Waals surface area contributed by atoms with E-state index in [0.717, 1.165) is 12.8 Å². The largest absolute Gasteiger partial charge is 0.477 e. The zero-order valence-electron chi connectivity index (χ0n) is 9.27. The highest BCUT2D eigenvalue weighted by Gasteiger charge is 2.37. The number of nitro groups is 1. The van der Waals surface area contributed by atoms with Crippen LogP contribution in [0, 0.1) is 10.1 Å². The summed E-state index contributed by atoms with van der Waals surface area (Å²) in [6.45, 7) is 2.02. The monoisotopic (exact) mass is 236 g/mol. The molecule has 1 aromatic rings. The molecule has 1 aromatic carbocycles. The molecule has 1 aliphatic carbocycles. The van der Waals surface area contributed by atoms with E-state index in [4.69, 9.17) is 5.11 Å². The van der Waals surface area contributed by atoms with Crippen molar-refractivity contribution in [3.8, 4) is 0 Å². The van der Waals surface area contributed by atoms with Gasteiger partial charge in [0.15, 0.2) is 0 Å². The predicted molar refractivity (Wildman–Crippen MR) is 61.3 cm³/mol. The van der Waals surface area contributed by atoms with Crippen molar-refractivity contribution in [2.45, 2.75) is 25.3 Å². The van der Waals surface area contributed by atoms with Crippen LogP contribution in [0.4, 0.5) is 11.4 Å². The van der Waals surface area contributed by atoms with Crippen LogP contribution in [0.25, 0.3) is 0 Å². The number of carbonyl (C=O) groups is 1. The summed E-state index contributed by atoms with van der Waals surface area (Å²) < 4.78 is 0. The molecule has 0 amide bonds. The number of hydrogen-bond donors (Lipinski definition) is 2. The maximum Gasteiger partial charge on any atom is 0.342 e. The van der Waals surface area contributed by atoms with E-state index in [-0.39, 0.29) is 16.8 Å². The summed E-state index contributed by atoms with van der Waals surface area (Å²) >= 11 is 0. The summed E-state index contributed by atoms with van der Waals surface area (Å²) in [6, 6.07) is 4.08. The van der Waals surface area contributed by atoms with Crippen LogP contribution in [0.5, 0.6) is 0 Å². The summed E-state index contributed by atoms with van der Waals surface area (Å²) in [5, 5.41) is 22.8. The van der Waals surface area contributed by atoms with Gasteiger partial charge in [-0.3, -0.25) is 10.1 Å². The molecule has 17 heavy (non-hydrogen) atoms. The Hall–Kier alpha value is -2.11. The number of rotatable bonds is 4. The summed E-state index contributed by atoms with van der Waals surface area (Å²) in [5.41, 5.74) is -0.0894. The molecule has 0 radical (unpaired) electrons. The molecule has 1 fully saturated rings. The highest BCUT2D eigenvalue weighted by atomic mass is 16.6. The standard InChI is InChI=1S/C11H12N2O4/c1-11(4-5-11)12-7-2-3-8(10(14)15)9(6-7)13(16)17/h2-3,6,12H,4-5H2,1H3,(H,14,15). The van der Waals surface area contributed by atoms with Crippen LogP contribution in [-0.4, -0.2) is 21.5 Å². The van der Waals surface area contributed by atoms with Crippen molar-refractivity contribution in [3.63, 3.8) is 0 Å². The Bertz CT molecular complexity index is 494. The van der Waals surface area contributed by atoms with Crippen molar-refractivity contribution in [2.75, 3.05) is 5.32 Å².